The van der Waals surface area contributed by atoms with Crippen LogP contribution in [0.25, 0.3) is 0 Å². The first-order chi connectivity index (χ1) is 14.7. The van der Waals surface area contributed by atoms with E-state index >= 15 is 0 Å². The zero-order valence-electron chi connectivity index (χ0n) is 17.5. The summed E-state index contributed by atoms with van der Waals surface area (Å²) in [5.41, 5.74) is 0.0763. The van der Waals surface area contributed by atoms with E-state index in [0.29, 0.717) is 5.92 Å². The largest absolute Gasteiger partial charge is 0.418 e. The Morgan fingerprint density at radius 1 is 1.16 bits per heavy atom. The number of halogens is 4. The zero-order valence-corrected chi connectivity index (χ0v) is 18.2. The first-order valence-corrected chi connectivity index (χ1v) is 10.7. The van der Waals surface area contributed by atoms with Crippen LogP contribution >= 0.6 is 11.6 Å². The molecule has 1 heterocycles. The highest BCUT2D eigenvalue weighted by atomic mass is 35.5. The monoisotopic (exact) mass is 453 g/mol. The molecule has 0 unspecified atom stereocenters. The Labute approximate surface area is 186 Å². The lowest BCUT2D eigenvalue weighted by atomic mass is 9.96. The van der Waals surface area contributed by atoms with Crippen molar-refractivity contribution < 1.29 is 18.0 Å². The average molecular weight is 454 g/mol. The number of alkyl halides is 3. The van der Waals surface area contributed by atoms with Crippen LogP contribution in [0.1, 0.15) is 24.0 Å². The van der Waals surface area contributed by atoms with E-state index in [2.05, 4.69) is 29.4 Å². The molecule has 3 rings (SSSR count). The Kier molecular flexibility index (Phi) is 7.97. The average Bonchev–Trinajstić information content (AvgIpc) is 2.71. The number of piperidine rings is 1. The normalized spacial score (nSPS) is 15.9. The van der Waals surface area contributed by atoms with Crippen LogP contribution in [0, 0.1) is 5.92 Å². The first-order valence-electron chi connectivity index (χ1n) is 10.3. The van der Waals surface area contributed by atoms with Gasteiger partial charge in [-0.3, -0.25) is 9.69 Å². The number of nitrogens with zero attached hydrogens (tertiary/aromatic N) is 2. The number of anilines is 1. The highest BCUT2D eigenvalue weighted by Gasteiger charge is 2.34. The van der Waals surface area contributed by atoms with Gasteiger partial charge in [0.2, 0.25) is 5.91 Å². The molecule has 1 saturated heterocycles. The number of nitrogens with one attached hydrogen (secondary N) is 1. The predicted molar refractivity (Wildman–Crippen MR) is 117 cm³/mol. The molecule has 2 aromatic carbocycles. The number of hydrogen-bond donors (Lipinski definition) is 1. The molecular weight excluding hydrogens is 427 g/mol. The van der Waals surface area contributed by atoms with Crippen LogP contribution in [-0.2, 0) is 17.5 Å². The van der Waals surface area contributed by atoms with Crippen LogP contribution in [0.15, 0.2) is 48.5 Å². The molecule has 0 bridgehead atoms. The van der Waals surface area contributed by atoms with Gasteiger partial charge in [0.05, 0.1) is 17.8 Å². The van der Waals surface area contributed by atoms with Gasteiger partial charge in [0.15, 0.2) is 0 Å². The van der Waals surface area contributed by atoms with Crippen molar-refractivity contribution in [3.8, 4) is 0 Å². The van der Waals surface area contributed by atoms with Crippen molar-refractivity contribution in [2.24, 2.45) is 5.92 Å². The minimum absolute atomic E-state index is 0.0235. The van der Waals surface area contributed by atoms with Gasteiger partial charge in [-0.2, -0.15) is 13.2 Å². The van der Waals surface area contributed by atoms with Crippen LogP contribution in [0.2, 0.25) is 5.02 Å². The van der Waals surface area contributed by atoms with Gasteiger partial charge in [-0.05, 0) is 62.7 Å². The van der Waals surface area contributed by atoms with E-state index in [1.54, 1.807) is 0 Å². The summed E-state index contributed by atoms with van der Waals surface area (Å²) in [5.74, 6) is 0.0913. The van der Waals surface area contributed by atoms with Gasteiger partial charge in [-0.1, -0.05) is 41.9 Å². The summed E-state index contributed by atoms with van der Waals surface area (Å²) >= 11 is 5.69. The van der Waals surface area contributed by atoms with Crippen molar-refractivity contribution in [3.05, 3.63) is 64.7 Å². The van der Waals surface area contributed by atoms with E-state index in [9.17, 15) is 18.0 Å². The summed E-state index contributed by atoms with van der Waals surface area (Å²) in [6.45, 7) is 3.46. The number of carbonyl (C=O) groups is 1. The van der Waals surface area contributed by atoms with E-state index < -0.39 is 17.6 Å². The van der Waals surface area contributed by atoms with Gasteiger partial charge in [0.25, 0.3) is 0 Å². The molecule has 0 aliphatic carbocycles. The van der Waals surface area contributed by atoms with E-state index in [4.69, 9.17) is 11.6 Å². The maximum absolute atomic E-state index is 13.2. The minimum Gasteiger partial charge on any atom is -0.324 e. The Hall–Kier alpha value is -2.09. The van der Waals surface area contributed by atoms with Crippen LogP contribution in [0.4, 0.5) is 18.9 Å². The molecule has 2 aromatic rings. The van der Waals surface area contributed by atoms with Crippen molar-refractivity contribution in [2.45, 2.75) is 25.6 Å². The van der Waals surface area contributed by atoms with Crippen LogP contribution < -0.4 is 5.32 Å². The predicted octanol–water partition coefficient (Wildman–Crippen LogP) is 5.14. The number of likely N-dealkylation sites (tertiary alicyclic amines) is 1. The maximum Gasteiger partial charge on any atom is 0.418 e. The lowest BCUT2D eigenvalue weighted by Crippen LogP contribution is -2.41. The van der Waals surface area contributed by atoms with Gasteiger partial charge < -0.3 is 10.2 Å². The summed E-state index contributed by atoms with van der Waals surface area (Å²) < 4.78 is 39.6. The lowest BCUT2D eigenvalue weighted by Gasteiger charge is -2.33. The van der Waals surface area contributed by atoms with Gasteiger partial charge in [-0.25, -0.2) is 0 Å². The molecule has 0 radical (unpaired) electrons. The van der Waals surface area contributed by atoms with Crippen LogP contribution in [-0.4, -0.2) is 48.9 Å². The number of benzene rings is 2. The van der Waals surface area contributed by atoms with E-state index in [1.165, 1.54) is 17.7 Å². The Morgan fingerprint density at radius 2 is 1.84 bits per heavy atom. The molecule has 168 valence electrons. The molecule has 0 aromatic heterocycles. The summed E-state index contributed by atoms with van der Waals surface area (Å²) in [4.78, 5) is 16.6. The number of rotatable bonds is 7. The fourth-order valence-electron chi connectivity index (χ4n) is 3.98. The fraction of sp³-hybridized carbons (Fsp3) is 0.435. The molecule has 0 spiro atoms. The van der Waals surface area contributed by atoms with Gasteiger partial charge in [0.1, 0.15) is 0 Å². The highest BCUT2D eigenvalue weighted by Crippen LogP contribution is 2.36. The van der Waals surface area contributed by atoms with Crippen LogP contribution in [0.5, 0.6) is 0 Å². The molecule has 1 fully saturated rings. The molecule has 0 atom stereocenters. The Bertz CT molecular complexity index is 868. The minimum atomic E-state index is -4.59. The van der Waals surface area contributed by atoms with Crippen LogP contribution in [0.3, 0.4) is 0 Å². The smallest absolute Gasteiger partial charge is 0.324 e. The Morgan fingerprint density at radius 3 is 2.48 bits per heavy atom. The topological polar surface area (TPSA) is 35.6 Å². The third-order valence-corrected chi connectivity index (χ3v) is 5.74. The molecule has 1 amide bonds. The van der Waals surface area contributed by atoms with Crippen molar-refractivity contribution in [1.82, 2.24) is 9.80 Å². The van der Waals surface area contributed by atoms with Gasteiger partial charge in [0, 0.05) is 18.1 Å². The number of hydrogen-bond acceptors (Lipinski definition) is 3. The molecule has 4 nitrogen and oxygen atoms in total. The maximum atomic E-state index is 13.2. The second-order valence-electron chi connectivity index (χ2n) is 8.14. The highest BCUT2D eigenvalue weighted by molar-refractivity contribution is 6.30. The van der Waals surface area contributed by atoms with E-state index in [1.807, 2.05) is 23.1 Å². The lowest BCUT2D eigenvalue weighted by molar-refractivity contribution is -0.137. The third-order valence-electron chi connectivity index (χ3n) is 5.50. The van der Waals surface area contributed by atoms with Crippen molar-refractivity contribution in [1.29, 1.82) is 0 Å². The molecule has 31 heavy (non-hydrogen) atoms. The summed E-state index contributed by atoms with van der Waals surface area (Å²) in [5, 5.41) is 2.37. The molecule has 1 N–H and O–H groups in total. The first kappa shape index (κ1) is 23.6. The quantitative estimate of drug-likeness (QED) is 0.630. The molecule has 8 heteroatoms. The zero-order chi connectivity index (χ0) is 22.4. The van der Waals surface area contributed by atoms with Gasteiger partial charge in [-0.15, -0.1) is 0 Å². The van der Waals surface area contributed by atoms with E-state index in [0.717, 1.165) is 45.1 Å². The number of carbonyl (C=O) groups excluding carboxylic acids is 1. The standard InChI is InChI=1S/C23H27ClF3N3O/c1-29(14-17-5-3-2-4-6-17)15-18-9-11-30(12-10-18)16-22(31)28-21-8-7-19(24)13-20(21)23(25,26)27/h2-8,13,18H,9-12,14-16H2,1H3,(H,28,31). The molecule has 1 aliphatic heterocycles. The SMILES string of the molecule is CN(Cc1ccccc1)CC1CCN(CC(=O)Nc2ccc(Cl)cc2C(F)(F)F)CC1. The fourth-order valence-corrected chi connectivity index (χ4v) is 4.15. The van der Waals surface area contributed by atoms with Gasteiger partial charge >= 0.3 is 6.18 Å². The number of amides is 1. The molecule has 1 aliphatic rings. The Balaban J connectivity index is 1.45. The summed E-state index contributed by atoms with van der Waals surface area (Å²) in [6, 6.07) is 13.7. The van der Waals surface area contributed by atoms with Crippen molar-refractivity contribution >= 4 is 23.2 Å². The summed E-state index contributed by atoms with van der Waals surface area (Å²) in [7, 11) is 2.11. The third kappa shape index (κ3) is 7.23. The second kappa shape index (κ2) is 10.5. The molecule has 0 saturated carbocycles. The van der Waals surface area contributed by atoms with E-state index in [-0.39, 0.29) is 17.3 Å². The molecular formula is C23H27ClF3N3O. The van der Waals surface area contributed by atoms with Crippen molar-refractivity contribution in [2.75, 3.05) is 38.5 Å². The van der Waals surface area contributed by atoms with Crippen molar-refractivity contribution in [3.63, 3.8) is 0 Å². The second-order valence-corrected chi connectivity index (χ2v) is 8.57. The summed E-state index contributed by atoms with van der Waals surface area (Å²) in [6.07, 6.45) is -2.67.